The van der Waals surface area contributed by atoms with Crippen LogP contribution in [0.15, 0.2) is 23.1 Å². The molecule has 0 radical (unpaired) electrons. The number of nitro groups is 1. The summed E-state index contributed by atoms with van der Waals surface area (Å²) in [5.74, 6) is 0.0315. The van der Waals surface area contributed by atoms with Crippen molar-refractivity contribution in [2.24, 2.45) is 0 Å². The number of rotatable bonds is 6. The zero-order chi connectivity index (χ0) is 13.8. The van der Waals surface area contributed by atoms with Crippen LogP contribution < -0.4 is 4.74 Å². The maximum Gasteiger partial charge on any atom is 0.271 e. The van der Waals surface area contributed by atoms with E-state index in [1.54, 1.807) is 0 Å². The zero-order valence-electron chi connectivity index (χ0n) is 9.63. The van der Waals surface area contributed by atoms with E-state index < -0.39 is 14.0 Å². The number of ether oxygens (including phenoxy) is 1. The minimum atomic E-state index is -4.08. The molecule has 0 unspecified atom stereocenters. The molecule has 0 heterocycles. The van der Waals surface area contributed by atoms with Gasteiger partial charge in [0.25, 0.3) is 14.7 Å². The second-order valence-corrected chi connectivity index (χ2v) is 6.06. The summed E-state index contributed by atoms with van der Waals surface area (Å²) in [6, 6.07) is 3.31. The SMILES string of the molecule is CCCCOc1ccc([N+](=O)[O-])cc1S(=O)(=O)Cl. The second kappa shape index (κ2) is 6.01. The summed E-state index contributed by atoms with van der Waals surface area (Å²) >= 11 is 0. The van der Waals surface area contributed by atoms with Gasteiger partial charge in [-0.25, -0.2) is 8.42 Å². The zero-order valence-corrected chi connectivity index (χ0v) is 11.2. The van der Waals surface area contributed by atoms with Gasteiger partial charge in [-0.15, -0.1) is 0 Å². The molecule has 100 valence electrons. The first-order valence-electron chi connectivity index (χ1n) is 5.22. The van der Waals surface area contributed by atoms with Crippen LogP contribution in [0.2, 0.25) is 0 Å². The molecule has 0 fully saturated rings. The highest BCUT2D eigenvalue weighted by molar-refractivity contribution is 8.13. The number of non-ortho nitro benzene ring substituents is 1. The predicted molar refractivity (Wildman–Crippen MR) is 66.5 cm³/mol. The Kier molecular flexibility index (Phi) is 4.92. The van der Waals surface area contributed by atoms with E-state index in [2.05, 4.69) is 0 Å². The number of halogens is 1. The van der Waals surface area contributed by atoms with Crippen LogP contribution in [-0.4, -0.2) is 19.9 Å². The molecule has 0 aliphatic carbocycles. The highest BCUT2D eigenvalue weighted by Crippen LogP contribution is 2.30. The maximum absolute atomic E-state index is 11.3. The Morgan fingerprint density at radius 2 is 2.11 bits per heavy atom. The molecule has 0 saturated heterocycles. The van der Waals surface area contributed by atoms with E-state index in [9.17, 15) is 18.5 Å². The van der Waals surface area contributed by atoms with Gasteiger partial charge in [-0.1, -0.05) is 13.3 Å². The Balaban J connectivity index is 3.14. The lowest BCUT2D eigenvalue weighted by Crippen LogP contribution is -2.02. The normalized spacial score (nSPS) is 11.2. The minimum Gasteiger partial charge on any atom is -0.492 e. The van der Waals surface area contributed by atoms with E-state index in [0.29, 0.717) is 6.61 Å². The Labute approximate surface area is 109 Å². The average molecular weight is 294 g/mol. The van der Waals surface area contributed by atoms with Crippen molar-refractivity contribution < 1.29 is 18.1 Å². The molecule has 0 saturated carbocycles. The van der Waals surface area contributed by atoms with Crippen molar-refractivity contribution in [3.63, 3.8) is 0 Å². The molecule has 8 heteroatoms. The summed E-state index contributed by atoms with van der Waals surface area (Å²) in [7, 11) is 1.14. The maximum atomic E-state index is 11.3. The topological polar surface area (TPSA) is 86.5 Å². The van der Waals surface area contributed by atoms with Gasteiger partial charge in [0.2, 0.25) is 0 Å². The van der Waals surface area contributed by atoms with Crippen molar-refractivity contribution in [1.29, 1.82) is 0 Å². The molecule has 0 amide bonds. The minimum absolute atomic E-state index is 0.0315. The molecule has 0 N–H and O–H groups in total. The molecule has 18 heavy (non-hydrogen) atoms. The van der Waals surface area contributed by atoms with Gasteiger partial charge in [0.1, 0.15) is 10.6 Å². The number of unbranched alkanes of at least 4 members (excludes halogenated alkanes) is 1. The van der Waals surface area contributed by atoms with Crippen LogP contribution in [-0.2, 0) is 9.05 Å². The third-order valence-electron chi connectivity index (χ3n) is 2.16. The van der Waals surface area contributed by atoms with Crippen molar-refractivity contribution in [3.8, 4) is 5.75 Å². The quantitative estimate of drug-likeness (QED) is 0.348. The van der Waals surface area contributed by atoms with Crippen LogP contribution in [0, 0.1) is 10.1 Å². The van der Waals surface area contributed by atoms with Gasteiger partial charge in [0, 0.05) is 22.8 Å². The van der Waals surface area contributed by atoms with Gasteiger partial charge >= 0.3 is 0 Å². The first kappa shape index (κ1) is 14.7. The number of hydrogen-bond acceptors (Lipinski definition) is 5. The lowest BCUT2D eigenvalue weighted by atomic mass is 10.3. The van der Waals surface area contributed by atoms with E-state index in [1.165, 1.54) is 12.1 Å². The van der Waals surface area contributed by atoms with Gasteiger partial charge in [-0.3, -0.25) is 10.1 Å². The van der Waals surface area contributed by atoms with Crippen molar-refractivity contribution >= 4 is 25.4 Å². The summed E-state index contributed by atoms with van der Waals surface area (Å²) in [5.41, 5.74) is -0.350. The molecular formula is C10H12ClNO5S. The van der Waals surface area contributed by atoms with Crippen LogP contribution in [0.4, 0.5) is 5.69 Å². The molecule has 0 spiro atoms. The Morgan fingerprint density at radius 1 is 1.44 bits per heavy atom. The van der Waals surface area contributed by atoms with Crippen LogP contribution in [0.25, 0.3) is 0 Å². The molecule has 0 aromatic heterocycles. The van der Waals surface area contributed by atoms with Crippen LogP contribution in [0.3, 0.4) is 0 Å². The summed E-state index contributed by atoms with van der Waals surface area (Å²) < 4.78 is 27.9. The third kappa shape index (κ3) is 3.85. The van der Waals surface area contributed by atoms with Crippen LogP contribution in [0.5, 0.6) is 5.75 Å². The highest BCUT2D eigenvalue weighted by Gasteiger charge is 2.21. The summed E-state index contributed by atoms with van der Waals surface area (Å²) in [6.45, 7) is 2.28. The first-order valence-corrected chi connectivity index (χ1v) is 7.53. The fraction of sp³-hybridized carbons (Fsp3) is 0.400. The molecule has 0 atom stereocenters. The van der Waals surface area contributed by atoms with Gasteiger partial charge < -0.3 is 4.74 Å². The number of nitrogens with zero attached hydrogens (tertiary/aromatic N) is 1. The lowest BCUT2D eigenvalue weighted by molar-refractivity contribution is -0.385. The molecular weight excluding hydrogens is 282 g/mol. The second-order valence-electron chi connectivity index (χ2n) is 3.53. The van der Waals surface area contributed by atoms with E-state index in [0.717, 1.165) is 18.9 Å². The lowest BCUT2D eigenvalue weighted by Gasteiger charge is -2.08. The Bertz CT molecular complexity index is 543. The summed E-state index contributed by atoms with van der Waals surface area (Å²) in [6.07, 6.45) is 1.63. The monoisotopic (exact) mass is 293 g/mol. The molecule has 1 aromatic carbocycles. The van der Waals surface area contributed by atoms with Gasteiger partial charge in [-0.2, -0.15) is 0 Å². The van der Waals surface area contributed by atoms with Crippen molar-refractivity contribution in [3.05, 3.63) is 28.3 Å². The fourth-order valence-electron chi connectivity index (χ4n) is 1.25. The average Bonchev–Trinajstić information content (AvgIpc) is 2.28. The number of hydrogen-bond donors (Lipinski definition) is 0. The van der Waals surface area contributed by atoms with Crippen LogP contribution >= 0.6 is 10.7 Å². The standard InChI is InChI=1S/C10H12ClNO5S/c1-2-3-6-17-9-5-4-8(12(13)14)7-10(9)18(11,15)16/h4-5,7H,2-3,6H2,1H3. The van der Waals surface area contributed by atoms with Crippen molar-refractivity contribution in [2.45, 2.75) is 24.7 Å². The first-order chi connectivity index (χ1) is 8.36. The third-order valence-corrected chi connectivity index (χ3v) is 3.50. The van der Waals surface area contributed by atoms with Gasteiger partial charge in [0.15, 0.2) is 0 Å². The largest absolute Gasteiger partial charge is 0.492 e. The van der Waals surface area contributed by atoms with Crippen molar-refractivity contribution in [2.75, 3.05) is 6.61 Å². The fourth-order valence-corrected chi connectivity index (χ4v) is 2.24. The molecule has 6 nitrogen and oxygen atoms in total. The predicted octanol–water partition coefficient (Wildman–Crippen LogP) is 2.70. The van der Waals surface area contributed by atoms with E-state index in [-0.39, 0.29) is 16.3 Å². The summed E-state index contributed by atoms with van der Waals surface area (Å²) in [5, 5.41) is 10.6. The molecule has 0 aliphatic rings. The highest BCUT2D eigenvalue weighted by atomic mass is 35.7. The van der Waals surface area contributed by atoms with Crippen LogP contribution in [0.1, 0.15) is 19.8 Å². The molecule has 1 rings (SSSR count). The molecule has 1 aromatic rings. The summed E-state index contributed by atoms with van der Waals surface area (Å²) in [4.78, 5) is 9.51. The number of benzene rings is 1. The Morgan fingerprint density at radius 3 is 2.61 bits per heavy atom. The van der Waals surface area contributed by atoms with Crippen molar-refractivity contribution in [1.82, 2.24) is 0 Å². The number of nitro benzene ring substituents is 1. The molecule has 0 aliphatic heterocycles. The van der Waals surface area contributed by atoms with Gasteiger partial charge in [0.05, 0.1) is 11.5 Å². The van der Waals surface area contributed by atoms with E-state index in [1.807, 2.05) is 6.92 Å². The Hall–Kier alpha value is -1.34. The van der Waals surface area contributed by atoms with Gasteiger partial charge in [-0.05, 0) is 12.5 Å². The van der Waals surface area contributed by atoms with E-state index in [4.69, 9.17) is 15.4 Å². The van der Waals surface area contributed by atoms with E-state index >= 15 is 0 Å². The molecule has 0 bridgehead atoms. The smallest absolute Gasteiger partial charge is 0.271 e.